The first-order valence-corrected chi connectivity index (χ1v) is 18.4. The molecular weight excluding hydrogens is 698 g/mol. The maximum Gasteiger partial charge on any atom is 0.408 e. The second-order valence-corrected chi connectivity index (χ2v) is 16.2. The van der Waals surface area contributed by atoms with E-state index in [2.05, 4.69) is 20.3 Å². The van der Waals surface area contributed by atoms with Crippen LogP contribution in [0.1, 0.15) is 46.5 Å². The normalized spacial score (nSPS) is 27.8. The molecule has 0 spiro atoms. The van der Waals surface area contributed by atoms with Gasteiger partial charge in [-0.05, 0) is 69.7 Å². The number of sulfonamides is 1. The van der Waals surface area contributed by atoms with Gasteiger partial charge in [-0.2, -0.15) is 0 Å². The van der Waals surface area contributed by atoms with E-state index in [0.29, 0.717) is 24.0 Å². The molecule has 2 saturated carbocycles. The van der Waals surface area contributed by atoms with Gasteiger partial charge in [0, 0.05) is 30.0 Å². The van der Waals surface area contributed by atoms with Gasteiger partial charge in [0.25, 0.3) is 5.91 Å². The number of ether oxygens (including phenoxy) is 4. The van der Waals surface area contributed by atoms with E-state index < -0.39 is 86.9 Å². The van der Waals surface area contributed by atoms with Gasteiger partial charge in [-0.25, -0.2) is 23.0 Å². The summed E-state index contributed by atoms with van der Waals surface area (Å²) in [6.45, 7) is 4.15. The molecule has 0 bridgehead atoms. The predicted octanol–water partition coefficient (Wildman–Crippen LogP) is 1.64. The molecular formula is C35H41N5O11S. The van der Waals surface area contributed by atoms with Crippen LogP contribution in [0.15, 0.2) is 54.8 Å². The number of esters is 1. The second kappa shape index (κ2) is 14.1. The summed E-state index contributed by atoms with van der Waals surface area (Å²) in [4.78, 5) is 73.2. The van der Waals surface area contributed by atoms with Crippen molar-refractivity contribution >= 4 is 50.6 Å². The second-order valence-electron chi connectivity index (χ2n) is 14.2. The molecule has 5 atom stereocenters. The van der Waals surface area contributed by atoms with Gasteiger partial charge in [0.1, 0.15) is 41.7 Å². The van der Waals surface area contributed by atoms with Crippen LogP contribution in [-0.4, -0.2) is 103 Å². The Kier molecular flexibility index (Phi) is 9.91. The lowest BCUT2D eigenvalue weighted by Crippen LogP contribution is -2.59. The Labute approximate surface area is 300 Å². The fraction of sp³-hybridized carbons (Fsp3) is 0.486. The van der Waals surface area contributed by atoms with Crippen LogP contribution in [0.4, 0.5) is 4.79 Å². The zero-order valence-electron chi connectivity index (χ0n) is 29.1. The number of nitrogens with one attached hydrogen (secondary N) is 3. The zero-order chi connectivity index (χ0) is 37.4. The highest BCUT2D eigenvalue weighted by atomic mass is 32.2. The largest absolute Gasteiger partial charge is 0.497 e. The number of allylic oxidation sites excluding steroid dienone is 2. The summed E-state index contributed by atoms with van der Waals surface area (Å²) in [5.41, 5.74) is -2.58. The van der Waals surface area contributed by atoms with Crippen LogP contribution in [0.3, 0.4) is 0 Å². The summed E-state index contributed by atoms with van der Waals surface area (Å²) in [6.07, 6.45) is 6.10. The minimum absolute atomic E-state index is 0.0619. The summed E-state index contributed by atoms with van der Waals surface area (Å²) in [6, 6.07) is 4.34. The van der Waals surface area contributed by atoms with Gasteiger partial charge in [-0.15, -0.1) is 0 Å². The van der Waals surface area contributed by atoms with Gasteiger partial charge in [-0.1, -0.05) is 18.2 Å². The molecule has 1 saturated heterocycles. The average Bonchev–Trinajstić information content (AvgIpc) is 4.00. The number of fused-ring (bicyclic) bond motifs is 3. The number of pyridine rings is 1. The van der Waals surface area contributed by atoms with E-state index in [4.69, 9.17) is 18.9 Å². The number of rotatable bonds is 7. The number of amides is 4. The van der Waals surface area contributed by atoms with E-state index in [1.165, 1.54) is 17.1 Å². The molecule has 3 N–H and O–H groups in total. The lowest BCUT2D eigenvalue weighted by atomic mass is 10.1. The highest BCUT2D eigenvalue weighted by Crippen LogP contribution is 2.46. The molecule has 1 aromatic heterocycles. The van der Waals surface area contributed by atoms with Crippen molar-refractivity contribution in [3.8, 4) is 11.6 Å². The standard InChI is InChI=1S/C35H41N5O11S/c1-34(2,3)51-33(45)37-26-19-49-28(41)8-6-5-7-21-17-35(21,32(44)39-52(46,47)24-10-11-24)38-29(42)27-16-23(18-40(27)31(26)43)50-30-25-12-9-22(48-4)15-20(25)13-14-36-30/h5-9,12-15,21,23-24,26-27H,10-11,16-19H2,1-4H3,(H,37,45)(H,38,42)(H,39,44)/b7-5-,8-6+/t21-,23+,26-,27-,35+/m0/s1. The summed E-state index contributed by atoms with van der Waals surface area (Å²) in [5.74, 6) is -3.05. The summed E-state index contributed by atoms with van der Waals surface area (Å²) in [5, 5.41) is 5.93. The van der Waals surface area contributed by atoms with Gasteiger partial charge >= 0.3 is 12.1 Å². The Morgan fingerprint density at radius 3 is 2.60 bits per heavy atom. The van der Waals surface area contributed by atoms with Gasteiger partial charge in [0.2, 0.25) is 27.7 Å². The summed E-state index contributed by atoms with van der Waals surface area (Å²) >= 11 is 0. The Hall–Kier alpha value is -5.19. The minimum atomic E-state index is -3.96. The van der Waals surface area contributed by atoms with Crippen molar-refractivity contribution in [1.82, 2.24) is 25.2 Å². The molecule has 4 aliphatic rings. The molecule has 1 aromatic carbocycles. The number of hydrogen-bond acceptors (Lipinski definition) is 12. The minimum Gasteiger partial charge on any atom is -0.497 e. The number of benzene rings is 1. The maximum absolute atomic E-state index is 14.3. The molecule has 6 rings (SSSR count). The number of aromatic nitrogens is 1. The maximum atomic E-state index is 14.3. The van der Waals surface area contributed by atoms with Crippen LogP contribution in [0.25, 0.3) is 10.8 Å². The first-order chi connectivity index (χ1) is 24.6. The number of hydrogen-bond donors (Lipinski definition) is 3. The van der Waals surface area contributed by atoms with Crippen LogP contribution in [0, 0.1) is 5.92 Å². The van der Waals surface area contributed by atoms with Crippen molar-refractivity contribution in [2.24, 2.45) is 5.92 Å². The predicted molar refractivity (Wildman–Crippen MR) is 184 cm³/mol. The number of cyclic esters (lactones) is 1. The third-order valence-corrected chi connectivity index (χ3v) is 10.9. The molecule has 52 heavy (non-hydrogen) atoms. The SMILES string of the molecule is COc1ccc2c(O[C@@H]3C[C@H]4C(=O)N[C@]5(C(=O)NS(=O)(=O)C6CC6)C[C@@H]5/C=C\C=C\C(=O)OC[C@H](NC(=O)OC(C)(C)C)C(=O)N4C3)nccc2c1. The lowest BCUT2D eigenvalue weighted by molar-refractivity contribution is -0.145. The Balaban J connectivity index is 1.33. The molecule has 0 unspecified atom stereocenters. The number of alkyl carbamates (subject to hydrolysis) is 1. The van der Waals surface area contributed by atoms with Crippen LogP contribution in [0.5, 0.6) is 11.6 Å². The van der Waals surface area contributed by atoms with Crippen molar-refractivity contribution in [2.75, 3.05) is 20.3 Å². The van der Waals surface area contributed by atoms with Crippen molar-refractivity contribution in [3.63, 3.8) is 0 Å². The van der Waals surface area contributed by atoms with E-state index in [0.717, 1.165) is 11.5 Å². The molecule has 17 heteroatoms. The number of nitrogens with zero attached hydrogens (tertiary/aromatic N) is 2. The Morgan fingerprint density at radius 2 is 1.88 bits per heavy atom. The summed E-state index contributed by atoms with van der Waals surface area (Å²) < 4.78 is 49.9. The van der Waals surface area contributed by atoms with Crippen molar-refractivity contribution in [2.45, 2.75) is 81.0 Å². The van der Waals surface area contributed by atoms with E-state index in [-0.39, 0.29) is 25.3 Å². The monoisotopic (exact) mass is 739 g/mol. The average molecular weight is 740 g/mol. The number of carbonyl (C=O) groups is 5. The first-order valence-electron chi connectivity index (χ1n) is 16.9. The molecule has 278 valence electrons. The molecule has 3 heterocycles. The smallest absolute Gasteiger partial charge is 0.408 e. The Bertz CT molecular complexity index is 1950. The van der Waals surface area contributed by atoms with Gasteiger partial charge in [0.15, 0.2) is 0 Å². The fourth-order valence-electron chi connectivity index (χ4n) is 6.22. The molecule has 2 aliphatic heterocycles. The topological polar surface area (TPSA) is 209 Å². The first kappa shape index (κ1) is 36.6. The number of carbonyl (C=O) groups excluding carboxylic acids is 5. The molecule has 3 fully saturated rings. The quantitative estimate of drug-likeness (QED) is 0.347. The van der Waals surface area contributed by atoms with Gasteiger partial charge in [-0.3, -0.25) is 19.1 Å². The van der Waals surface area contributed by atoms with Crippen molar-refractivity contribution < 1.29 is 51.3 Å². The highest BCUT2D eigenvalue weighted by molar-refractivity contribution is 7.91. The van der Waals surface area contributed by atoms with E-state index in [1.54, 1.807) is 64.4 Å². The van der Waals surface area contributed by atoms with Crippen molar-refractivity contribution in [1.29, 1.82) is 0 Å². The van der Waals surface area contributed by atoms with Crippen LogP contribution in [-0.2, 0) is 38.7 Å². The van der Waals surface area contributed by atoms with Gasteiger partial charge < -0.3 is 34.5 Å². The van der Waals surface area contributed by atoms with E-state index in [1.807, 2.05) is 0 Å². The van der Waals surface area contributed by atoms with Crippen LogP contribution < -0.4 is 24.8 Å². The van der Waals surface area contributed by atoms with Crippen molar-refractivity contribution in [3.05, 3.63) is 54.8 Å². The fourth-order valence-corrected chi connectivity index (χ4v) is 7.58. The van der Waals surface area contributed by atoms with Crippen LogP contribution in [0.2, 0.25) is 0 Å². The molecule has 4 amide bonds. The summed E-state index contributed by atoms with van der Waals surface area (Å²) in [7, 11) is -2.42. The molecule has 16 nitrogen and oxygen atoms in total. The third-order valence-electron chi connectivity index (χ3n) is 9.09. The number of methoxy groups -OCH3 is 1. The molecule has 2 aliphatic carbocycles. The zero-order valence-corrected chi connectivity index (χ0v) is 29.9. The van der Waals surface area contributed by atoms with Crippen LogP contribution >= 0.6 is 0 Å². The molecule has 2 aromatic rings. The Morgan fingerprint density at radius 1 is 1.12 bits per heavy atom. The van der Waals surface area contributed by atoms with Gasteiger partial charge in [0.05, 0.1) is 18.9 Å². The third kappa shape index (κ3) is 8.14. The van der Waals surface area contributed by atoms with E-state index in [9.17, 15) is 32.4 Å². The lowest BCUT2D eigenvalue weighted by Gasteiger charge is -2.30. The molecule has 0 radical (unpaired) electrons. The van der Waals surface area contributed by atoms with E-state index >= 15 is 0 Å². The highest BCUT2D eigenvalue weighted by Gasteiger charge is 2.62.